The number of fused-ring (bicyclic) bond motifs is 4. The van der Waals surface area contributed by atoms with Crippen molar-refractivity contribution >= 4 is 27.5 Å². The number of nitrogens with zero attached hydrogens (tertiary/aromatic N) is 2. The lowest BCUT2D eigenvalue weighted by molar-refractivity contribution is 0.0515. The molecule has 5 heterocycles. The van der Waals surface area contributed by atoms with Gasteiger partial charge in [-0.05, 0) is 32.3 Å². The van der Waals surface area contributed by atoms with Crippen molar-refractivity contribution in [3.63, 3.8) is 0 Å². The van der Waals surface area contributed by atoms with E-state index in [9.17, 15) is 9.59 Å². The largest absolute Gasteiger partial charge is 0.349 e. The number of amides is 1. The van der Waals surface area contributed by atoms with Crippen LogP contribution in [-0.2, 0) is 7.05 Å². The minimum absolute atomic E-state index is 0.114. The van der Waals surface area contributed by atoms with Crippen molar-refractivity contribution < 1.29 is 4.79 Å². The first-order valence-electron chi connectivity index (χ1n) is 8.12. The Balaban J connectivity index is 1.70. The second-order valence-electron chi connectivity index (χ2n) is 6.88. The van der Waals surface area contributed by atoms with Gasteiger partial charge in [-0.2, -0.15) is 0 Å². The summed E-state index contributed by atoms with van der Waals surface area (Å²) < 4.78 is 2.56. The molecular formula is C17H21N3O2S. The standard InChI is InChI=1S/C17H21N3O2S/c1-11-9-13-15(23-11)14(21)12(10-19(13)2)16(22)18-17-3-6-20(7-4-17)8-5-17/h9-10H,3-8H2,1-2H3,(H,18,22). The van der Waals surface area contributed by atoms with E-state index in [4.69, 9.17) is 0 Å². The monoisotopic (exact) mass is 331 g/mol. The minimum atomic E-state index is -0.214. The maximum absolute atomic E-state index is 12.8. The van der Waals surface area contributed by atoms with Gasteiger partial charge < -0.3 is 14.8 Å². The van der Waals surface area contributed by atoms with E-state index in [1.165, 1.54) is 11.3 Å². The molecule has 122 valence electrons. The lowest BCUT2D eigenvalue weighted by Gasteiger charge is -2.48. The van der Waals surface area contributed by atoms with Gasteiger partial charge in [0, 0.05) is 43.3 Å². The molecule has 5 nitrogen and oxygen atoms in total. The first kappa shape index (κ1) is 14.9. The van der Waals surface area contributed by atoms with Crippen LogP contribution in [0.25, 0.3) is 10.2 Å². The summed E-state index contributed by atoms with van der Waals surface area (Å²) in [7, 11) is 1.89. The Hall–Kier alpha value is -1.66. The zero-order chi connectivity index (χ0) is 16.2. The predicted molar refractivity (Wildman–Crippen MR) is 92.3 cm³/mol. The highest BCUT2D eigenvalue weighted by atomic mass is 32.1. The van der Waals surface area contributed by atoms with Crippen molar-refractivity contribution in [2.24, 2.45) is 7.05 Å². The molecule has 0 aliphatic carbocycles. The SMILES string of the molecule is Cc1cc2c(s1)c(=O)c(C(=O)NC13CCN(CC1)CC3)cn2C. The van der Waals surface area contributed by atoms with Gasteiger partial charge in [0.05, 0.1) is 10.2 Å². The van der Waals surface area contributed by atoms with E-state index >= 15 is 0 Å². The number of hydrogen-bond donors (Lipinski definition) is 1. The average molecular weight is 331 g/mol. The second kappa shape index (κ2) is 5.18. The smallest absolute Gasteiger partial charge is 0.257 e. The van der Waals surface area contributed by atoms with Crippen LogP contribution in [0.15, 0.2) is 17.1 Å². The molecule has 1 N–H and O–H groups in total. The Morgan fingerprint density at radius 3 is 2.57 bits per heavy atom. The summed E-state index contributed by atoms with van der Waals surface area (Å²) in [6.07, 6.45) is 4.64. The summed E-state index contributed by atoms with van der Waals surface area (Å²) in [6.45, 7) is 5.11. The van der Waals surface area contributed by atoms with E-state index in [2.05, 4.69) is 10.2 Å². The minimum Gasteiger partial charge on any atom is -0.349 e. The highest BCUT2D eigenvalue weighted by Gasteiger charge is 2.40. The zero-order valence-electron chi connectivity index (χ0n) is 13.5. The maximum atomic E-state index is 12.8. The molecule has 6 heteroatoms. The number of piperidine rings is 3. The highest BCUT2D eigenvalue weighted by molar-refractivity contribution is 7.18. The van der Waals surface area contributed by atoms with Crippen molar-refractivity contribution in [2.75, 3.05) is 19.6 Å². The van der Waals surface area contributed by atoms with Crippen LogP contribution in [0.1, 0.15) is 34.5 Å². The molecule has 23 heavy (non-hydrogen) atoms. The Kier molecular flexibility index (Phi) is 3.35. The fourth-order valence-corrected chi connectivity index (χ4v) is 4.86. The van der Waals surface area contributed by atoms with E-state index in [1.54, 1.807) is 6.20 Å². The Morgan fingerprint density at radius 1 is 1.26 bits per heavy atom. The molecule has 3 aliphatic rings. The van der Waals surface area contributed by atoms with Gasteiger partial charge in [0.15, 0.2) is 0 Å². The van der Waals surface area contributed by atoms with E-state index in [-0.39, 0.29) is 22.4 Å². The van der Waals surface area contributed by atoms with Crippen LogP contribution in [-0.4, -0.2) is 40.5 Å². The van der Waals surface area contributed by atoms with E-state index in [0.29, 0.717) is 4.70 Å². The topological polar surface area (TPSA) is 54.3 Å². The second-order valence-corrected chi connectivity index (χ2v) is 8.14. The van der Waals surface area contributed by atoms with Crippen LogP contribution in [0, 0.1) is 6.92 Å². The molecule has 0 atom stereocenters. The number of pyridine rings is 1. The van der Waals surface area contributed by atoms with Crippen molar-refractivity contribution in [2.45, 2.75) is 31.7 Å². The summed E-state index contributed by atoms with van der Waals surface area (Å²) in [5, 5.41) is 3.20. The molecule has 0 unspecified atom stereocenters. The number of carbonyl (C=O) groups is 1. The molecule has 2 aromatic rings. The summed E-state index contributed by atoms with van der Waals surface area (Å²) in [6, 6.07) is 2.00. The highest BCUT2D eigenvalue weighted by Crippen LogP contribution is 2.32. The molecule has 0 spiro atoms. The third-order valence-corrected chi connectivity index (χ3v) is 6.37. The molecule has 2 bridgehead atoms. The van der Waals surface area contributed by atoms with Crippen LogP contribution < -0.4 is 10.7 Å². The van der Waals surface area contributed by atoms with Gasteiger partial charge in [0.2, 0.25) is 5.43 Å². The normalized spacial score (nSPS) is 26.6. The molecule has 0 aromatic carbocycles. The predicted octanol–water partition coefficient (Wildman–Crippen LogP) is 1.88. The molecule has 1 amide bonds. The van der Waals surface area contributed by atoms with Gasteiger partial charge in [-0.25, -0.2) is 0 Å². The summed E-state index contributed by atoms with van der Waals surface area (Å²) in [4.78, 5) is 29.0. The number of aromatic nitrogens is 1. The van der Waals surface area contributed by atoms with Crippen molar-refractivity contribution in [3.05, 3.63) is 32.9 Å². The van der Waals surface area contributed by atoms with E-state index in [0.717, 1.165) is 49.3 Å². The van der Waals surface area contributed by atoms with Crippen LogP contribution in [0.2, 0.25) is 0 Å². The summed E-state index contributed by atoms with van der Waals surface area (Å²) in [5.41, 5.74) is 0.915. The lowest BCUT2D eigenvalue weighted by Crippen LogP contribution is -2.61. The molecule has 0 radical (unpaired) electrons. The fraction of sp³-hybridized carbons (Fsp3) is 0.529. The van der Waals surface area contributed by atoms with Crippen LogP contribution >= 0.6 is 11.3 Å². The Morgan fingerprint density at radius 2 is 1.91 bits per heavy atom. The van der Waals surface area contributed by atoms with E-state index < -0.39 is 0 Å². The lowest BCUT2D eigenvalue weighted by atomic mass is 9.80. The van der Waals surface area contributed by atoms with Gasteiger partial charge in [0.1, 0.15) is 5.56 Å². The number of carbonyl (C=O) groups excluding carboxylic acids is 1. The molecular weight excluding hydrogens is 310 g/mol. The molecule has 3 saturated heterocycles. The van der Waals surface area contributed by atoms with Gasteiger partial charge in [-0.1, -0.05) is 0 Å². The fourth-order valence-electron chi connectivity index (χ4n) is 3.85. The van der Waals surface area contributed by atoms with Crippen molar-refractivity contribution in [1.82, 2.24) is 14.8 Å². The first-order chi connectivity index (χ1) is 11.0. The number of aryl methyl sites for hydroxylation is 2. The van der Waals surface area contributed by atoms with E-state index in [1.807, 2.05) is 24.6 Å². The number of hydrogen-bond acceptors (Lipinski definition) is 4. The number of nitrogens with one attached hydrogen (secondary N) is 1. The number of rotatable bonds is 2. The molecule has 0 saturated carbocycles. The summed E-state index contributed by atoms with van der Waals surface area (Å²) in [5.74, 6) is -0.214. The third-order valence-electron chi connectivity index (χ3n) is 5.33. The molecule has 5 rings (SSSR count). The maximum Gasteiger partial charge on any atom is 0.257 e. The van der Waals surface area contributed by atoms with Gasteiger partial charge in [0.25, 0.3) is 5.91 Å². The molecule has 3 fully saturated rings. The average Bonchev–Trinajstić information content (AvgIpc) is 2.95. The zero-order valence-corrected chi connectivity index (χ0v) is 14.3. The third kappa shape index (κ3) is 2.40. The van der Waals surface area contributed by atoms with Crippen LogP contribution in [0.5, 0.6) is 0 Å². The van der Waals surface area contributed by atoms with Crippen molar-refractivity contribution in [3.8, 4) is 0 Å². The van der Waals surface area contributed by atoms with Crippen LogP contribution in [0.4, 0.5) is 0 Å². The first-order valence-corrected chi connectivity index (χ1v) is 8.94. The Labute approximate surface area is 138 Å². The van der Waals surface area contributed by atoms with Crippen molar-refractivity contribution in [1.29, 1.82) is 0 Å². The van der Waals surface area contributed by atoms with Gasteiger partial charge in [-0.15, -0.1) is 11.3 Å². The quantitative estimate of drug-likeness (QED) is 0.914. The van der Waals surface area contributed by atoms with Gasteiger partial charge in [-0.3, -0.25) is 9.59 Å². The van der Waals surface area contributed by atoms with Gasteiger partial charge >= 0.3 is 0 Å². The molecule has 3 aliphatic heterocycles. The Bertz CT molecular complexity index is 830. The number of thiophene rings is 1. The summed E-state index contributed by atoms with van der Waals surface area (Å²) >= 11 is 1.46. The van der Waals surface area contributed by atoms with Crippen LogP contribution in [0.3, 0.4) is 0 Å². The molecule has 2 aromatic heterocycles.